The van der Waals surface area contributed by atoms with Crippen LogP contribution in [0.2, 0.25) is 0 Å². The highest BCUT2D eigenvalue weighted by Crippen LogP contribution is 2.34. The first kappa shape index (κ1) is 31.2. The molecule has 1 N–H and O–H groups in total. The molecular weight excluding hydrogens is 616 g/mol. The van der Waals surface area contributed by atoms with Crippen LogP contribution in [0, 0.1) is 0 Å². The van der Waals surface area contributed by atoms with Crippen molar-refractivity contribution >= 4 is 39.9 Å². The number of rotatable bonds is 12. The average Bonchev–Trinajstić information content (AvgIpc) is 3.76. The van der Waals surface area contributed by atoms with E-state index in [0.29, 0.717) is 44.5 Å². The molecule has 0 aliphatic heterocycles. The monoisotopic (exact) mass is 648 g/mol. The maximum absolute atomic E-state index is 14.4. The number of carbonyl (C=O) groups excluding carboxylic acids is 2. The second kappa shape index (κ2) is 14.1. The summed E-state index contributed by atoms with van der Waals surface area (Å²) in [6.45, 7) is -0.102. The molecular formula is C35H32N6O5S. The van der Waals surface area contributed by atoms with Gasteiger partial charge in [-0.3, -0.25) is 9.59 Å². The van der Waals surface area contributed by atoms with Crippen molar-refractivity contribution in [2.45, 2.75) is 19.1 Å². The molecule has 4 aromatic carbocycles. The summed E-state index contributed by atoms with van der Waals surface area (Å²) < 4.78 is 17.9. The van der Waals surface area contributed by atoms with E-state index in [1.807, 2.05) is 60.0 Å². The molecule has 0 aliphatic rings. The number of carbonyl (C=O) groups is 2. The molecule has 0 aliphatic carbocycles. The van der Waals surface area contributed by atoms with Crippen LogP contribution in [-0.2, 0) is 22.7 Å². The lowest BCUT2D eigenvalue weighted by Gasteiger charge is -2.31. The molecule has 1 atom stereocenters. The van der Waals surface area contributed by atoms with Crippen LogP contribution in [-0.4, -0.2) is 58.0 Å². The third-order valence-corrected chi connectivity index (χ3v) is 8.43. The zero-order valence-corrected chi connectivity index (χ0v) is 26.8. The number of fused-ring (bicyclic) bond motifs is 1. The summed E-state index contributed by atoms with van der Waals surface area (Å²) in [7, 11) is 4.63. The molecule has 0 saturated heterocycles. The number of thiazole rings is 1. The molecule has 0 fully saturated rings. The Balaban J connectivity index is 1.42. The van der Waals surface area contributed by atoms with E-state index in [2.05, 4.69) is 15.6 Å². The van der Waals surface area contributed by atoms with E-state index in [1.165, 1.54) is 35.1 Å². The van der Waals surface area contributed by atoms with Crippen LogP contribution in [0.1, 0.15) is 16.6 Å². The van der Waals surface area contributed by atoms with Crippen LogP contribution in [0.3, 0.4) is 0 Å². The average molecular weight is 649 g/mol. The van der Waals surface area contributed by atoms with E-state index in [1.54, 1.807) is 49.6 Å². The highest BCUT2D eigenvalue weighted by molar-refractivity contribution is 7.09. The molecule has 2 amide bonds. The molecule has 2 aromatic heterocycles. The zero-order chi connectivity index (χ0) is 32.8. The minimum atomic E-state index is -1.09. The first-order valence-corrected chi connectivity index (χ1v) is 15.6. The van der Waals surface area contributed by atoms with Gasteiger partial charge in [-0.05, 0) is 54.1 Å². The van der Waals surface area contributed by atoms with Crippen LogP contribution in [0.15, 0.2) is 102 Å². The third-order valence-electron chi connectivity index (χ3n) is 7.59. The van der Waals surface area contributed by atoms with Crippen molar-refractivity contribution in [3.8, 4) is 28.5 Å². The Hall–Kier alpha value is -5.75. The molecule has 0 radical (unpaired) electrons. The topological polar surface area (TPSA) is 121 Å². The summed E-state index contributed by atoms with van der Waals surface area (Å²) in [5.41, 5.74) is 4.16. The molecule has 0 saturated carbocycles. The SMILES string of the molecule is COc1ccc(NC(=O)[C@H](c2ccc(OC)c(OC)c2)N(Cc2nc(-c3ccccc3)cs2)C(=O)Cn2nnc3ccccc32)cc1. The number of ether oxygens (including phenoxy) is 3. The van der Waals surface area contributed by atoms with Crippen LogP contribution in [0.5, 0.6) is 17.2 Å². The minimum Gasteiger partial charge on any atom is -0.497 e. The molecule has 0 unspecified atom stereocenters. The number of nitrogens with zero attached hydrogens (tertiary/aromatic N) is 5. The number of methoxy groups -OCH3 is 3. The van der Waals surface area contributed by atoms with Crippen molar-refractivity contribution in [3.05, 3.63) is 113 Å². The summed E-state index contributed by atoms with van der Waals surface area (Å²) in [5.74, 6) is 0.766. The lowest BCUT2D eigenvalue weighted by atomic mass is 10.0. The van der Waals surface area contributed by atoms with E-state index in [0.717, 1.165) is 11.3 Å². The fraction of sp³-hybridized carbons (Fsp3) is 0.171. The number of benzene rings is 4. The van der Waals surface area contributed by atoms with Gasteiger partial charge in [-0.2, -0.15) is 0 Å². The van der Waals surface area contributed by atoms with Crippen molar-refractivity contribution in [2.75, 3.05) is 26.6 Å². The van der Waals surface area contributed by atoms with E-state index in [9.17, 15) is 9.59 Å². The molecule has 12 heteroatoms. The van der Waals surface area contributed by atoms with Crippen molar-refractivity contribution in [1.82, 2.24) is 24.9 Å². The number of aromatic nitrogens is 4. The maximum atomic E-state index is 14.4. The third kappa shape index (κ3) is 6.92. The van der Waals surface area contributed by atoms with Crippen molar-refractivity contribution in [3.63, 3.8) is 0 Å². The number of anilines is 1. The first-order chi connectivity index (χ1) is 23.0. The van der Waals surface area contributed by atoms with E-state index in [4.69, 9.17) is 19.2 Å². The quantitative estimate of drug-likeness (QED) is 0.172. The van der Waals surface area contributed by atoms with Crippen molar-refractivity contribution in [2.24, 2.45) is 0 Å². The summed E-state index contributed by atoms with van der Waals surface area (Å²) in [4.78, 5) is 35.1. The highest BCUT2D eigenvalue weighted by Gasteiger charge is 2.34. The number of amides is 2. The van der Waals surface area contributed by atoms with Gasteiger partial charge in [-0.25, -0.2) is 9.67 Å². The summed E-state index contributed by atoms with van der Waals surface area (Å²) in [6.07, 6.45) is 0. The van der Waals surface area contributed by atoms with Gasteiger partial charge in [-0.15, -0.1) is 16.4 Å². The number of nitrogens with one attached hydrogen (secondary N) is 1. The Kier molecular flexibility index (Phi) is 9.39. The van der Waals surface area contributed by atoms with Crippen LogP contribution >= 0.6 is 11.3 Å². The first-order valence-electron chi connectivity index (χ1n) is 14.7. The molecule has 6 aromatic rings. The van der Waals surface area contributed by atoms with Crippen molar-refractivity contribution in [1.29, 1.82) is 0 Å². The standard InChI is InChI=1S/C35H32N6O5S/c1-44-26-16-14-25(15-17-26)36-35(43)34(24-13-18-30(45-2)31(19-24)46-3)40(20-32-37-28(22-47-32)23-9-5-4-6-10-23)33(42)21-41-29-12-8-7-11-27(29)38-39-41/h4-19,22,34H,20-21H2,1-3H3,(H,36,43)/t34-/m0/s1. The van der Waals surface area contributed by atoms with Gasteiger partial charge in [0.2, 0.25) is 5.91 Å². The lowest BCUT2D eigenvalue weighted by molar-refractivity contribution is -0.140. The molecule has 47 heavy (non-hydrogen) atoms. The molecule has 6 rings (SSSR count). The fourth-order valence-corrected chi connectivity index (χ4v) is 6.03. The van der Waals surface area contributed by atoms with Gasteiger partial charge in [-0.1, -0.05) is 53.7 Å². The molecule has 0 bridgehead atoms. The molecule has 11 nitrogen and oxygen atoms in total. The highest BCUT2D eigenvalue weighted by atomic mass is 32.1. The molecule has 2 heterocycles. The zero-order valence-electron chi connectivity index (χ0n) is 26.0. The Morgan fingerprint density at radius 1 is 0.872 bits per heavy atom. The molecule has 0 spiro atoms. The van der Waals surface area contributed by atoms with Gasteiger partial charge in [0.25, 0.3) is 5.91 Å². The van der Waals surface area contributed by atoms with Gasteiger partial charge in [0.1, 0.15) is 28.9 Å². The van der Waals surface area contributed by atoms with Gasteiger partial charge in [0, 0.05) is 16.6 Å². The lowest BCUT2D eigenvalue weighted by Crippen LogP contribution is -2.42. The second-order valence-electron chi connectivity index (χ2n) is 10.5. The number of para-hydroxylation sites is 1. The minimum absolute atomic E-state index is 0.0536. The van der Waals surface area contributed by atoms with Crippen LogP contribution in [0.4, 0.5) is 5.69 Å². The Labute approximate surface area is 275 Å². The van der Waals surface area contributed by atoms with Crippen LogP contribution in [0.25, 0.3) is 22.3 Å². The van der Waals surface area contributed by atoms with Gasteiger partial charge >= 0.3 is 0 Å². The smallest absolute Gasteiger partial charge is 0.251 e. The van der Waals surface area contributed by atoms with E-state index < -0.39 is 11.9 Å². The van der Waals surface area contributed by atoms with E-state index in [-0.39, 0.29) is 19.0 Å². The normalized spacial score (nSPS) is 11.6. The largest absolute Gasteiger partial charge is 0.497 e. The predicted molar refractivity (Wildman–Crippen MR) is 180 cm³/mol. The summed E-state index contributed by atoms with van der Waals surface area (Å²) >= 11 is 1.42. The maximum Gasteiger partial charge on any atom is 0.251 e. The van der Waals surface area contributed by atoms with Gasteiger partial charge in [0.15, 0.2) is 11.5 Å². The number of hydrogen-bond acceptors (Lipinski definition) is 9. The number of hydrogen-bond donors (Lipinski definition) is 1. The summed E-state index contributed by atoms with van der Waals surface area (Å²) in [5, 5.41) is 14.0. The Morgan fingerprint density at radius 2 is 1.62 bits per heavy atom. The fourth-order valence-electron chi connectivity index (χ4n) is 5.23. The second-order valence-corrected chi connectivity index (χ2v) is 11.4. The Bertz CT molecular complexity index is 1990. The molecule has 238 valence electrons. The Morgan fingerprint density at radius 3 is 2.36 bits per heavy atom. The van der Waals surface area contributed by atoms with Gasteiger partial charge in [0.05, 0.1) is 39.1 Å². The van der Waals surface area contributed by atoms with Crippen LogP contribution < -0.4 is 19.5 Å². The predicted octanol–water partition coefficient (Wildman–Crippen LogP) is 5.99. The summed E-state index contributed by atoms with van der Waals surface area (Å²) in [6, 6.07) is 28.3. The van der Waals surface area contributed by atoms with Gasteiger partial charge < -0.3 is 24.4 Å². The van der Waals surface area contributed by atoms with Crippen molar-refractivity contribution < 1.29 is 23.8 Å². The van der Waals surface area contributed by atoms with E-state index >= 15 is 0 Å².